The van der Waals surface area contributed by atoms with Gasteiger partial charge in [0.05, 0.1) is 4.90 Å². The molecule has 1 aromatic carbocycles. The van der Waals surface area contributed by atoms with Gasteiger partial charge in [-0.25, -0.2) is 8.42 Å². The van der Waals surface area contributed by atoms with Crippen LogP contribution in [0.1, 0.15) is 5.56 Å². The number of rotatable bonds is 1. The van der Waals surface area contributed by atoms with Crippen molar-refractivity contribution in [3.63, 3.8) is 0 Å². The summed E-state index contributed by atoms with van der Waals surface area (Å²) < 4.78 is 22.4. The van der Waals surface area contributed by atoms with Crippen molar-refractivity contribution in [1.82, 2.24) is 0 Å². The second-order valence-electron chi connectivity index (χ2n) is 3.27. The van der Waals surface area contributed by atoms with Crippen LogP contribution in [0.5, 0.6) is 0 Å². The maximum atomic E-state index is 11.2. The smallest absolute Gasteiger partial charge is 0.175 e. The number of nitrogens with one attached hydrogen (secondary N) is 1. The minimum absolute atomic E-state index is 0. The molecule has 1 aromatic rings. The summed E-state index contributed by atoms with van der Waals surface area (Å²) in [5.74, 6) is 0. The van der Waals surface area contributed by atoms with Crippen LogP contribution in [0, 0.1) is 0 Å². The van der Waals surface area contributed by atoms with Gasteiger partial charge in [0.1, 0.15) is 0 Å². The Labute approximate surface area is 89.8 Å². The number of halogens is 1. The third-order valence-electron chi connectivity index (χ3n) is 2.21. The highest BCUT2D eigenvalue weighted by molar-refractivity contribution is 7.90. The monoisotopic (exact) mass is 233 g/mol. The molecule has 0 radical (unpaired) electrons. The fraction of sp³-hybridized carbons (Fsp3) is 0.333. The lowest BCUT2D eigenvalue weighted by Crippen LogP contribution is -1.97. The Morgan fingerprint density at radius 3 is 2.71 bits per heavy atom. The highest BCUT2D eigenvalue weighted by Crippen LogP contribution is 2.24. The lowest BCUT2D eigenvalue weighted by molar-refractivity contribution is 0.602. The number of anilines is 1. The molecule has 0 spiro atoms. The summed E-state index contributed by atoms with van der Waals surface area (Å²) in [7, 11) is -3.05. The summed E-state index contributed by atoms with van der Waals surface area (Å²) in [6, 6.07) is 5.23. The first-order chi connectivity index (χ1) is 6.07. The van der Waals surface area contributed by atoms with E-state index in [0.717, 1.165) is 24.2 Å². The summed E-state index contributed by atoms with van der Waals surface area (Å²) >= 11 is 0. The van der Waals surface area contributed by atoms with Crippen molar-refractivity contribution < 1.29 is 8.42 Å². The van der Waals surface area contributed by atoms with E-state index in [-0.39, 0.29) is 12.4 Å². The molecule has 0 saturated carbocycles. The Hall–Kier alpha value is -0.740. The van der Waals surface area contributed by atoms with Gasteiger partial charge in [-0.1, -0.05) is 0 Å². The van der Waals surface area contributed by atoms with Crippen LogP contribution in [0.15, 0.2) is 23.1 Å². The van der Waals surface area contributed by atoms with Crippen molar-refractivity contribution in [1.29, 1.82) is 0 Å². The van der Waals surface area contributed by atoms with E-state index in [1.54, 1.807) is 12.1 Å². The average molecular weight is 234 g/mol. The summed E-state index contributed by atoms with van der Waals surface area (Å²) in [6.45, 7) is 0.905. The van der Waals surface area contributed by atoms with E-state index in [1.165, 1.54) is 6.26 Å². The van der Waals surface area contributed by atoms with Gasteiger partial charge in [0.15, 0.2) is 9.84 Å². The SMILES string of the molecule is CS(=O)(=O)c1ccc2c(c1)CCN2.Cl. The first kappa shape index (κ1) is 11.3. The van der Waals surface area contributed by atoms with Gasteiger partial charge in [-0.15, -0.1) is 12.4 Å². The van der Waals surface area contributed by atoms with Crippen LogP contribution in [0.4, 0.5) is 5.69 Å². The Bertz CT molecular complexity index is 442. The van der Waals surface area contributed by atoms with Gasteiger partial charge in [0.2, 0.25) is 0 Å². The van der Waals surface area contributed by atoms with E-state index in [1.807, 2.05) is 6.07 Å². The maximum absolute atomic E-state index is 11.2. The fourth-order valence-electron chi connectivity index (χ4n) is 1.51. The molecule has 0 aliphatic carbocycles. The molecule has 1 aliphatic heterocycles. The first-order valence-corrected chi connectivity index (χ1v) is 6.03. The number of sulfone groups is 1. The van der Waals surface area contributed by atoms with Crippen LogP contribution in [-0.2, 0) is 16.3 Å². The van der Waals surface area contributed by atoms with Crippen LogP contribution in [0.2, 0.25) is 0 Å². The fourth-order valence-corrected chi connectivity index (χ4v) is 2.18. The molecular formula is C9H12ClNO2S. The van der Waals surface area contributed by atoms with Crippen molar-refractivity contribution in [3.05, 3.63) is 23.8 Å². The average Bonchev–Trinajstić information content (AvgIpc) is 2.47. The number of hydrogen-bond acceptors (Lipinski definition) is 3. The maximum Gasteiger partial charge on any atom is 0.175 e. The summed E-state index contributed by atoms with van der Waals surface area (Å²) in [4.78, 5) is 0.412. The molecular weight excluding hydrogens is 222 g/mol. The minimum Gasteiger partial charge on any atom is -0.384 e. The molecule has 1 N–H and O–H groups in total. The largest absolute Gasteiger partial charge is 0.384 e. The van der Waals surface area contributed by atoms with Gasteiger partial charge in [-0.2, -0.15) is 0 Å². The lowest BCUT2D eigenvalue weighted by Gasteiger charge is -2.02. The molecule has 3 nitrogen and oxygen atoms in total. The molecule has 0 fully saturated rings. The van der Waals surface area contributed by atoms with E-state index in [0.29, 0.717) is 4.90 Å². The van der Waals surface area contributed by atoms with Gasteiger partial charge in [-0.3, -0.25) is 0 Å². The predicted octanol–water partition coefficient (Wildman–Crippen LogP) is 1.48. The Morgan fingerprint density at radius 1 is 1.36 bits per heavy atom. The molecule has 0 unspecified atom stereocenters. The zero-order valence-electron chi connectivity index (χ0n) is 7.78. The summed E-state index contributed by atoms with van der Waals surface area (Å²) in [5, 5.41) is 3.18. The molecule has 5 heteroatoms. The minimum atomic E-state index is -3.05. The molecule has 0 amide bonds. The van der Waals surface area contributed by atoms with Gasteiger partial charge in [0, 0.05) is 18.5 Å². The van der Waals surface area contributed by atoms with E-state index < -0.39 is 9.84 Å². The van der Waals surface area contributed by atoms with Gasteiger partial charge < -0.3 is 5.32 Å². The number of hydrogen-bond donors (Lipinski definition) is 1. The van der Waals surface area contributed by atoms with Crippen LogP contribution in [0.25, 0.3) is 0 Å². The molecule has 0 bridgehead atoms. The normalized spacial score (nSPS) is 14.1. The van der Waals surface area contributed by atoms with Crippen LogP contribution < -0.4 is 5.32 Å². The second-order valence-corrected chi connectivity index (χ2v) is 5.28. The van der Waals surface area contributed by atoms with Crippen molar-refractivity contribution >= 4 is 27.9 Å². The third-order valence-corrected chi connectivity index (χ3v) is 3.32. The highest BCUT2D eigenvalue weighted by atomic mass is 35.5. The molecule has 0 aromatic heterocycles. The van der Waals surface area contributed by atoms with Gasteiger partial charge >= 0.3 is 0 Å². The van der Waals surface area contributed by atoms with Crippen molar-refractivity contribution in [2.24, 2.45) is 0 Å². The second kappa shape index (κ2) is 3.79. The molecule has 1 heterocycles. The summed E-state index contributed by atoms with van der Waals surface area (Å²) in [5.41, 5.74) is 2.16. The molecule has 1 aliphatic rings. The van der Waals surface area contributed by atoms with E-state index in [2.05, 4.69) is 5.32 Å². The van der Waals surface area contributed by atoms with Gasteiger partial charge in [-0.05, 0) is 30.2 Å². The Kier molecular flexibility index (Phi) is 3.07. The topological polar surface area (TPSA) is 46.2 Å². The zero-order valence-corrected chi connectivity index (χ0v) is 9.41. The van der Waals surface area contributed by atoms with Crippen molar-refractivity contribution in [2.75, 3.05) is 18.1 Å². The lowest BCUT2D eigenvalue weighted by atomic mass is 10.2. The standard InChI is InChI=1S/C9H11NO2S.ClH/c1-13(11,12)8-2-3-9-7(6-8)4-5-10-9;/h2-3,6,10H,4-5H2,1H3;1H. The molecule has 2 rings (SSSR count). The van der Waals surface area contributed by atoms with Crippen LogP contribution >= 0.6 is 12.4 Å². The molecule has 14 heavy (non-hydrogen) atoms. The molecule has 0 atom stereocenters. The van der Waals surface area contributed by atoms with Crippen molar-refractivity contribution in [2.45, 2.75) is 11.3 Å². The third kappa shape index (κ3) is 2.01. The predicted molar refractivity (Wildman–Crippen MR) is 59.0 cm³/mol. The zero-order chi connectivity index (χ0) is 9.47. The molecule has 0 saturated heterocycles. The van der Waals surface area contributed by atoms with Crippen molar-refractivity contribution in [3.8, 4) is 0 Å². The molecule has 78 valence electrons. The van der Waals surface area contributed by atoms with Crippen LogP contribution in [0.3, 0.4) is 0 Å². The summed E-state index contributed by atoms with van der Waals surface area (Å²) in [6.07, 6.45) is 2.15. The number of fused-ring (bicyclic) bond motifs is 1. The first-order valence-electron chi connectivity index (χ1n) is 4.14. The highest BCUT2D eigenvalue weighted by Gasteiger charge is 2.13. The van der Waals surface area contributed by atoms with E-state index >= 15 is 0 Å². The quantitative estimate of drug-likeness (QED) is 0.799. The number of benzene rings is 1. The van der Waals surface area contributed by atoms with E-state index in [4.69, 9.17) is 0 Å². The van der Waals surface area contributed by atoms with Gasteiger partial charge in [0.25, 0.3) is 0 Å². The Morgan fingerprint density at radius 2 is 2.07 bits per heavy atom. The van der Waals surface area contributed by atoms with Crippen LogP contribution in [-0.4, -0.2) is 21.2 Å². The Balaban J connectivity index is 0.000000980. The van der Waals surface area contributed by atoms with E-state index in [9.17, 15) is 8.42 Å².